The van der Waals surface area contributed by atoms with Crippen LogP contribution in [0.4, 0.5) is 5.69 Å². The lowest BCUT2D eigenvalue weighted by atomic mass is 10.0. The van der Waals surface area contributed by atoms with Crippen molar-refractivity contribution in [3.8, 4) is 0 Å². The van der Waals surface area contributed by atoms with E-state index in [1.54, 1.807) is 11.9 Å². The first kappa shape index (κ1) is 11.2. The molecule has 0 atom stereocenters. The molecule has 0 fully saturated rings. The summed E-state index contributed by atoms with van der Waals surface area (Å²) in [5.74, 6) is 0. The van der Waals surface area contributed by atoms with Crippen molar-refractivity contribution in [2.75, 3.05) is 11.4 Å². The Morgan fingerprint density at radius 3 is 2.82 bits per heavy atom. The molecule has 17 heavy (non-hydrogen) atoms. The molecule has 0 aliphatic carbocycles. The average molecular weight is 306 g/mol. The molecule has 2 aromatic rings. The van der Waals surface area contributed by atoms with E-state index in [4.69, 9.17) is 0 Å². The normalized spacial score (nSPS) is 13.9. The van der Waals surface area contributed by atoms with Crippen LogP contribution in [-0.4, -0.2) is 7.05 Å². The van der Waals surface area contributed by atoms with E-state index in [1.807, 2.05) is 0 Å². The third-order valence-electron chi connectivity index (χ3n) is 2.98. The van der Waals surface area contributed by atoms with Gasteiger partial charge < -0.3 is 4.31 Å². The molecular weight excluding hydrogens is 294 g/mol. The highest BCUT2D eigenvalue weighted by Crippen LogP contribution is 2.38. The van der Waals surface area contributed by atoms with E-state index in [1.165, 1.54) is 21.7 Å². The van der Waals surface area contributed by atoms with E-state index in [2.05, 4.69) is 69.7 Å². The van der Waals surface area contributed by atoms with Gasteiger partial charge in [-0.3, -0.25) is 0 Å². The molecule has 1 aliphatic heterocycles. The number of anilines is 1. The molecule has 3 rings (SSSR count). The largest absolute Gasteiger partial charge is 0.315 e. The summed E-state index contributed by atoms with van der Waals surface area (Å²) < 4.78 is 3.39. The van der Waals surface area contributed by atoms with Crippen LogP contribution >= 0.6 is 27.9 Å². The van der Waals surface area contributed by atoms with Crippen LogP contribution in [0, 0.1) is 0 Å². The first-order valence-electron chi connectivity index (χ1n) is 5.52. The Morgan fingerprint density at radius 1 is 1.12 bits per heavy atom. The van der Waals surface area contributed by atoms with Gasteiger partial charge in [0.1, 0.15) is 0 Å². The minimum absolute atomic E-state index is 1.01. The van der Waals surface area contributed by atoms with Crippen LogP contribution in [0.25, 0.3) is 0 Å². The van der Waals surface area contributed by atoms with E-state index in [0.717, 1.165) is 10.9 Å². The zero-order valence-corrected chi connectivity index (χ0v) is 11.9. The van der Waals surface area contributed by atoms with Gasteiger partial charge in [0.2, 0.25) is 0 Å². The van der Waals surface area contributed by atoms with E-state index < -0.39 is 0 Å². The van der Waals surface area contributed by atoms with Crippen LogP contribution in [0.1, 0.15) is 11.1 Å². The molecule has 0 unspecified atom stereocenters. The average Bonchev–Trinajstić information content (AvgIpc) is 2.46. The minimum Gasteiger partial charge on any atom is -0.315 e. The van der Waals surface area contributed by atoms with Crippen LogP contribution in [0.3, 0.4) is 0 Å². The molecule has 86 valence electrons. The molecule has 1 aliphatic rings. The number of nitrogens with zero attached hydrogens (tertiary/aromatic N) is 1. The van der Waals surface area contributed by atoms with Gasteiger partial charge in [-0.25, -0.2) is 0 Å². The lowest BCUT2D eigenvalue weighted by Gasteiger charge is -2.17. The molecule has 0 amide bonds. The zero-order valence-electron chi connectivity index (χ0n) is 9.48. The Morgan fingerprint density at radius 2 is 1.94 bits per heavy atom. The number of halogens is 1. The summed E-state index contributed by atoms with van der Waals surface area (Å²) in [4.78, 5) is 1.33. The second-order valence-electron chi connectivity index (χ2n) is 4.15. The molecule has 0 spiro atoms. The van der Waals surface area contributed by atoms with E-state index in [-0.39, 0.29) is 0 Å². The zero-order chi connectivity index (χ0) is 11.8. The smallest absolute Gasteiger partial charge is 0.0505 e. The summed E-state index contributed by atoms with van der Waals surface area (Å²) in [6.07, 6.45) is 1.01. The molecular formula is C14H12BrNS. The number of hydrogen-bond donors (Lipinski definition) is 0. The van der Waals surface area contributed by atoms with Gasteiger partial charge >= 0.3 is 0 Å². The predicted molar refractivity (Wildman–Crippen MR) is 77.7 cm³/mol. The SMILES string of the molecule is CN1Sc2cc(Br)ccc2Cc2ccccc21. The monoisotopic (exact) mass is 305 g/mol. The molecule has 2 aromatic carbocycles. The Labute approximate surface area is 114 Å². The molecule has 0 saturated carbocycles. The molecule has 0 bridgehead atoms. The lowest BCUT2D eigenvalue weighted by molar-refractivity contribution is 1.13. The summed E-state index contributed by atoms with van der Waals surface area (Å²) in [6.45, 7) is 0. The summed E-state index contributed by atoms with van der Waals surface area (Å²) in [5, 5.41) is 0. The van der Waals surface area contributed by atoms with Gasteiger partial charge in [0.05, 0.1) is 5.69 Å². The maximum absolute atomic E-state index is 3.54. The number of fused-ring (bicyclic) bond motifs is 2. The number of benzene rings is 2. The molecule has 1 heterocycles. The van der Waals surface area contributed by atoms with Crippen LogP contribution in [0.2, 0.25) is 0 Å². The van der Waals surface area contributed by atoms with Gasteiger partial charge in [-0.2, -0.15) is 0 Å². The fourth-order valence-electron chi connectivity index (χ4n) is 2.13. The molecule has 0 radical (unpaired) electrons. The quantitative estimate of drug-likeness (QED) is 0.659. The Balaban J connectivity index is 2.13. The summed E-state index contributed by atoms with van der Waals surface area (Å²) >= 11 is 5.33. The van der Waals surface area contributed by atoms with Crippen molar-refractivity contribution in [2.45, 2.75) is 11.3 Å². The van der Waals surface area contributed by atoms with Gasteiger partial charge in [0, 0.05) is 22.8 Å². The predicted octanol–water partition coefficient (Wildman–Crippen LogP) is 4.50. The molecule has 0 N–H and O–H groups in total. The first-order valence-corrected chi connectivity index (χ1v) is 7.09. The Kier molecular flexibility index (Phi) is 2.89. The van der Waals surface area contributed by atoms with Crippen molar-refractivity contribution >= 4 is 33.6 Å². The van der Waals surface area contributed by atoms with Crippen molar-refractivity contribution in [3.05, 3.63) is 58.1 Å². The maximum atomic E-state index is 3.54. The number of hydrogen-bond acceptors (Lipinski definition) is 2. The highest BCUT2D eigenvalue weighted by molar-refractivity contribution is 9.10. The summed E-state index contributed by atoms with van der Waals surface area (Å²) in [5.41, 5.74) is 4.10. The van der Waals surface area contributed by atoms with Crippen LogP contribution in [0.5, 0.6) is 0 Å². The number of rotatable bonds is 0. The van der Waals surface area contributed by atoms with Gasteiger partial charge in [-0.1, -0.05) is 40.2 Å². The van der Waals surface area contributed by atoms with Gasteiger partial charge in [-0.15, -0.1) is 0 Å². The van der Waals surface area contributed by atoms with E-state index in [0.29, 0.717) is 0 Å². The Hall–Kier alpha value is -0.930. The van der Waals surface area contributed by atoms with E-state index in [9.17, 15) is 0 Å². The van der Waals surface area contributed by atoms with Crippen LogP contribution in [-0.2, 0) is 6.42 Å². The van der Waals surface area contributed by atoms with Crippen molar-refractivity contribution in [1.82, 2.24) is 0 Å². The third-order valence-corrected chi connectivity index (χ3v) is 4.52. The van der Waals surface area contributed by atoms with Crippen molar-refractivity contribution in [1.29, 1.82) is 0 Å². The van der Waals surface area contributed by atoms with Gasteiger partial charge in [-0.05, 0) is 41.3 Å². The minimum atomic E-state index is 1.01. The standard InChI is InChI=1S/C14H12BrNS/c1-16-13-5-3-2-4-10(13)8-11-6-7-12(15)9-14(11)17-16/h2-7,9H,8H2,1H3. The highest BCUT2D eigenvalue weighted by Gasteiger charge is 2.17. The lowest BCUT2D eigenvalue weighted by Crippen LogP contribution is -2.06. The van der Waals surface area contributed by atoms with Crippen molar-refractivity contribution < 1.29 is 0 Å². The third kappa shape index (κ3) is 2.09. The van der Waals surface area contributed by atoms with Crippen molar-refractivity contribution in [3.63, 3.8) is 0 Å². The molecule has 3 heteroatoms. The molecule has 0 aromatic heterocycles. The van der Waals surface area contributed by atoms with Crippen LogP contribution in [0.15, 0.2) is 51.8 Å². The fraction of sp³-hybridized carbons (Fsp3) is 0.143. The Bertz CT molecular complexity index is 568. The number of para-hydroxylation sites is 1. The maximum Gasteiger partial charge on any atom is 0.0505 e. The van der Waals surface area contributed by atoms with E-state index >= 15 is 0 Å². The van der Waals surface area contributed by atoms with Gasteiger partial charge in [0.15, 0.2) is 0 Å². The second kappa shape index (κ2) is 4.39. The fourth-order valence-corrected chi connectivity index (χ4v) is 3.65. The second-order valence-corrected chi connectivity index (χ2v) is 6.23. The molecule has 0 saturated heterocycles. The van der Waals surface area contributed by atoms with Crippen molar-refractivity contribution in [2.24, 2.45) is 0 Å². The van der Waals surface area contributed by atoms with Crippen LogP contribution < -0.4 is 4.31 Å². The summed E-state index contributed by atoms with van der Waals surface area (Å²) in [6, 6.07) is 15.1. The first-order chi connectivity index (χ1) is 8.24. The van der Waals surface area contributed by atoms with Gasteiger partial charge in [0.25, 0.3) is 0 Å². The highest BCUT2D eigenvalue weighted by atomic mass is 79.9. The topological polar surface area (TPSA) is 3.24 Å². The molecule has 1 nitrogen and oxygen atoms in total. The summed E-state index contributed by atoms with van der Waals surface area (Å²) in [7, 11) is 2.12.